The van der Waals surface area contributed by atoms with Crippen LogP contribution in [-0.2, 0) is 14.8 Å². The fourth-order valence-electron chi connectivity index (χ4n) is 3.23. The molecule has 1 fully saturated rings. The molecule has 1 aromatic heterocycles. The maximum atomic E-state index is 12.9. The van der Waals surface area contributed by atoms with Crippen molar-refractivity contribution < 1.29 is 18.0 Å². The van der Waals surface area contributed by atoms with E-state index in [2.05, 4.69) is 20.8 Å². The lowest BCUT2D eigenvalue weighted by molar-refractivity contribution is -0.118. The molecule has 3 rings (SSSR count). The molecule has 1 atom stereocenters. The second-order valence-corrected chi connectivity index (χ2v) is 11.0. The highest BCUT2D eigenvalue weighted by molar-refractivity contribution is 7.89. The van der Waals surface area contributed by atoms with E-state index in [1.165, 1.54) is 39.9 Å². The number of benzene rings is 1. The van der Waals surface area contributed by atoms with Crippen LogP contribution in [0.1, 0.15) is 61.8 Å². The molecule has 1 saturated carbocycles. The Morgan fingerprint density at radius 1 is 1.19 bits per heavy atom. The van der Waals surface area contributed by atoms with Crippen molar-refractivity contribution in [3.8, 4) is 0 Å². The monoisotopic (exact) mass is 479 g/mol. The van der Waals surface area contributed by atoms with Crippen LogP contribution >= 0.6 is 11.3 Å². The van der Waals surface area contributed by atoms with E-state index in [0.717, 1.165) is 17.8 Å². The number of aromatic nitrogens is 2. The summed E-state index contributed by atoms with van der Waals surface area (Å²) in [4.78, 5) is 25.7. The molecule has 9 nitrogen and oxygen atoms in total. The molecule has 0 radical (unpaired) electrons. The lowest BCUT2D eigenvalue weighted by Crippen LogP contribution is -2.47. The third-order valence-electron chi connectivity index (χ3n) is 5.27. The van der Waals surface area contributed by atoms with E-state index in [-0.39, 0.29) is 16.4 Å². The zero-order valence-corrected chi connectivity index (χ0v) is 20.3. The smallest absolute Gasteiger partial charge is 0.251 e. The minimum Gasteiger partial charge on any atom is -0.340 e. The summed E-state index contributed by atoms with van der Waals surface area (Å²) in [6.07, 6.45) is 2.19. The first-order valence-electron chi connectivity index (χ1n) is 10.7. The van der Waals surface area contributed by atoms with Crippen LogP contribution in [0.4, 0.5) is 5.13 Å². The van der Waals surface area contributed by atoms with E-state index >= 15 is 0 Å². The standard InChI is InChI=1S/C21H29N5O4S2/c1-5-26(6-2)32(29,30)16-9-7-8-15(12-16)18(27)22-17(13(3)4)19(28)23-21-25-24-20(31-21)14-10-11-14/h7-9,12-14,17H,5-6,10-11H2,1-4H3,(H,22,27)(H,23,25,28)/t17-/m0/s1. The minimum atomic E-state index is -3.70. The summed E-state index contributed by atoms with van der Waals surface area (Å²) < 4.78 is 26.9. The van der Waals surface area contributed by atoms with E-state index in [9.17, 15) is 18.0 Å². The van der Waals surface area contributed by atoms with E-state index in [1.807, 2.05) is 13.8 Å². The first kappa shape index (κ1) is 24.3. The Hall–Kier alpha value is -2.37. The van der Waals surface area contributed by atoms with Gasteiger partial charge in [-0.15, -0.1) is 10.2 Å². The quantitative estimate of drug-likeness (QED) is 0.540. The first-order valence-corrected chi connectivity index (χ1v) is 13.0. The zero-order chi connectivity index (χ0) is 23.5. The molecule has 2 N–H and O–H groups in total. The predicted molar refractivity (Wildman–Crippen MR) is 123 cm³/mol. The van der Waals surface area contributed by atoms with Gasteiger partial charge in [0.2, 0.25) is 21.1 Å². The number of hydrogen-bond donors (Lipinski definition) is 2. The van der Waals surface area contributed by atoms with Gasteiger partial charge in [-0.2, -0.15) is 4.31 Å². The molecule has 11 heteroatoms. The van der Waals surface area contributed by atoms with Gasteiger partial charge in [-0.3, -0.25) is 14.9 Å². The van der Waals surface area contributed by atoms with Crippen LogP contribution in [0.3, 0.4) is 0 Å². The van der Waals surface area contributed by atoms with Gasteiger partial charge in [-0.05, 0) is 37.0 Å². The van der Waals surface area contributed by atoms with Crippen molar-refractivity contribution in [2.45, 2.75) is 57.4 Å². The van der Waals surface area contributed by atoms with Gasteiger partial charge in [0.1, 0.15) is 11.0 Å². The van der Waals surface area contributed by atoms with E-state index in [1.54, 1.807) is 13.8 Å². The molecule has 1 aromatic carbocycles. The molecule has 0 saturated heterocycles. The highest BCUT2D eigenvalue weighted by Crippen LogP contribution is 2.42. The number of sulfonamides is 1. The highest BCUT2D eigenvalue weighted by Gasteiger charge is 2.30. The first-order chi connectivity index (χ1) is 15.2. The number of nitrogens with one attached hydrogen (secondary N) is 2. The van der Waals surface area contributed by atoms with Crippen molar-refractivity contribution in [2.75, 3.05) is 18.4 Å². The van der Waals surface area contributed by atoms with E-state index in [4.69, 9.17) is 0 Å². The van der Waals surface area contributed by atoms with Gasteiger partial charge in [-0.25, -0.2) is 8.42 Å². The summed E-state index contributed by atoms with van der Waals surface area (Å²) in [5.41, 5.74) is 0.170. The predicted octanol–water partition coefficient (Wildman–Crippen LogP) is 2.84. The highest BCUT2D eigenvalue weighted by atomic mass is 32.2. The van der Waals surface area contributed by atoms with Gasteiger partial charge in [0, 0.05) is 24.6 Å². The second kappa shape index (κ2) is 10.1. The molecular weight excluding hydrogens is 450 g/mol. The van der Waals surface area contributed by atoms with Crippen LogP contribution in [0.2, 0.25) is 0 Å². The molecule has 0 spiro atoms. The largest absolute Gasteiger partial charge is 0.340 e. The van der Waals surface area contributed by atoms with Crippen LogP contribution in [0.25, 0.3) is 0 Å². The number of hydrogen-bond acceptors (Lipinski definition) is 7. The number of nitrogens with zero attached hydrogens (tertiary/aromatic N) is 3. The topological polar surface area (TPSA) is 121 Å². The summed E-state index contributed by atoms with van der Waals surface area (Å²) in [6.45, 7) is 7.82. The molecule has 2 aromatic rings. The Kier molecular flexibility index (Phi) is 7.63. The molecule has 0 unspecified atom stereocenters. The molecule has 2 amide bonds. The number of rotatable bonds is 10. The number of anilines is 1. The van der Waals surface area contributed by atoms with Gasteiger partial charge < -0.3 is 5.32 Å². The van der Waals surface area contributed by atoms with Crippen LogP contribution in [0.5, 0.6) is 0 Å². The molecular formula is C21H29N5O4S2. The summed E-state index contributed by atoms with van der Waals surface area (Å²) in [7, 11) is -3.70. The summed E-state index contributed by atoms with van der Waals surface area (Å²) in [5.74, 6) is -0.666. The molecule has 1 aliphatic rings. The van der Waals surface area contributed by atoms with Crippen LogP contribution in [0.15, 0.2) is 29.2 Å². The number of carbonyl (C=O) groups excluding carboxylic acids is 2. The van der Waals surface area contributed by atoms with Crippen LogP contribution < -0.4 is 10.6 Å². The van der Waals surface area contributed by atoms with Crippen molar-refractivity contribution in [2.24, 2.45) is 5.92 Å². The van der Waals surface area contributed by atoms with Crippen molar-refractivity contribution in [3.63, 3.8) is 0 Å². The molecule has 1 heterocycles. The molecule has 0 bridgehead atoms. The Morgan fingerprint density at radius 2 is 1.88 bits per heavy atom. The second-order valence-electron chi connectivity index (χ2n) is 8.02. The van der Waals surface area contributed by atoms with Gasteiger partial charge in [0.25, 0.3) is 5.91 Å². The van der Waals surface area contributed by atoms with Crippen molar-refractivity contribution in [1.29, 1.82) is 0 Å². The Balaban J connectivity index is 1.73. The Bertz CT molecular complexity index is 1080. The normalized spacial score (nSPS) is 15.1. The van der Waals surface area contributed by atoms with Crippen molar-refractivity contribution in [1.82, 2.24) is 19.8 Å². The Morgan fingerprint density at radius 3 is 2.47 bits per heavy atom. The average molecular weight is 480 g/mol. The lowest BCUT2D eigenvalue weighted by atomic mass is 10.0. The minimum absolute atomic E-state index is 0.0425. The summed E-state index contributed by atoms with van der Waals surface area (Å²) >= 11 is 1.35. The summed E-state index contributed by atoms with van der Waals surface area (Å²) in [6, 6.07) is 5.03. The SMILES string of the molecule is CCN(CC)S(=O)(=O)c1cccc(C(=O)N[C@H](C(=O)Nc2nnc(C3CC3)s2)C(C)C)c1. The zero-order valence-electron chi connectivity index (χ0n) is 18.7. The molecule has 32 heavy (non-hydrogen) atoms. The summed E-state index contributed by atoms with van der Waals surface area (Å²) in [5, 5.41) is 14.9. The molecule has 174 valence electrons. The third kappa shape index (κ3) is 5.51. The fourth-order valence-corrected chi connectivity index (χ4v) is 5.65. The third-order valence-corrected chi connectivity index (χ3v) is 8.32. The Labute approximate surface area is 192 Å². The lowest BCUT2D eigenvalue weighted by Gasteiger charge is -2.21. The molecule has 0 aliphatic heterocycles. The van der Waals surface area contributed by atoms with Gasteiger partial charge >= 0.3 is 0 Å². The maximum Gasteiger partial charge on any atom is 0.251 e. The van der Waals surface area contributed by atoms with E-state index < -0.39 is 27.9 Å². The maximum absolute atomic E-state index is 12.9. The van der Waals surface area contributed by atoms with Crippen LogP contribution in [-0.4, -0.2) is 53.9 Å². The van der Waals surface area contributed by atoms with Gasteiger partial charge in [0.15, 0.2) is 0 Å². The van der Waals surface area contributed by atoms with Gasteiger partial charge in [0.05, 0.1) is 4.90 Å². The average Bonchev–Trinajstić information content (AvgIpc) is 3.51. The number of amides is 2. The number of carbonyl (C=O) groups is 2. The van der Waals surface area contributed by atoms with Crippen molar-refractivity contribution >= 4 is 38.3 Å². The fraction of sp³-hybridized carbons (Fsp3) is 0.524. The van der Waals surface area contributed by atoms with Crippen LogP contribution in [0, 0.1) is 5.92 Å². The molecule has 1 aliphatic carbocycles. The van der Waals surface area contributed by atoms with E-state index in [0.29, 0.717) is 24.1 Å². The van der Waals surface area contributed by atoms with Crippen molar-refractivity contribution in [3.05, 3.63) is 34.8 Å². The van der Waals surface area contributed by atoms with Gasteiger partial charge in [-0.1, -0.05) is 45.1 Å².